The summed E-state index contributed by atoms with van der Waals surface area (Å²) in [5.74, 6) is 1.75. The average molecular weight is 234 g/mol. The van der Waals surface area contributed by atoms with Crippen molar-refractivity contribution in [1.82, 2.24) is 0 Å². The number of hydrogen-bond acceptors (Lipinski definition) is 1. The van der Waals surface area contributed by atoms with Crippen LogP contribution in [0.5, 0.6) is 5.75 Å². The van der Waals surface area contributed by atoms with Crippen LogP contribution in [0.1, 0.15) is 36.8 Å². The molecule has 3 rings (SSSR count). The van der Waals surface area contributed by atoms with E-state index >= 15 is 0 Å². The quantitative estimate of drug-likeness (QED) is 0.751. The lowest BCUT2D eigenvalue weighted by Gasteiger charge is -2.11. The molecule has 0 spiro atoms. The summed E-state index contributed by atoms with van der Waals surface area (Å²) in [7, 11) is 0. The Bertz CT molecular complexity index is 419. The van der Waals surface area contributed by atoms with E-state index in [1.54, 1.807) is 0 Å². The Hall–Kier alpha value is -1.05. The maximum atomic E-state index is 14.1. The van der Waals surface area contributed by atoms with Gasteiger partial charge >= 0.3 is 0 Å². The molecule has 1 aromatic rings. The van der Waals surface area contributed by atoms with Crippen LogP contribution in [0, 0.1) is 24.6 Å². The van der Waals surface area contributed by atoms with Crippen molar-refractivity contribution < 1.29 is 9.13 Å². The highest BCUT2D eigenvalue weighted by molar-refractivity contribution is 5.37. The molecule has 0 saturated heterocycles. The minimum absolute atomic E-state index is 0.149. The van der Waals surface area contributed by atoms with Gasteiger partial charge in [-0.3, -0.25) is 0 Å². The first-order valence-corrected chi connectivity index (χ1v) is 6.65. The zero-order chi connectivity index (χ0) is 11.8. The van der Waals surface area contributed by atoms with Crippen molar-refractivity contribution >= 4 is 0 Å². The van der Waals surface area contributed by atoms with E-state index in [4.69, 9.17) is 4.74 Å². The number of rotatable bonds is 5. The van der Waals surface area contributed by atoms with Gasteiger partial charge in [0.25, 0.3) is 0 Å². The second-order valence-corrected chi connectivity index (χ2v) is 5.56. The van der Waals surface area contributed by atoms with Crippen LogP contribution in [0.3, 0.4) is 0 Å². The van der Waals surface area contributed by atoms with Gasteiger partial charge < -0.3 is 4.74 Å². The van der Waals surface area contributed by atoms with E-state index in [0.717, 1.165) is 23.5 Å². The first-order chi connectivity index (χ1) is 8.24. The Balaban J connectivity index is 1.72. The van der Waals surface area contributed by atoms with Crippen LogP contribution in [-0.2, 0) is 6.42 Å². The maximum absolute atomic E-state index is 14.1. The van der Waals surface area contributed by atoms with Crippen LogP contribution in [0.4, 0.5) is 4.39 Å². The molecule has 0 heterocycles. The third-order valence-electron chi connectivity index (χ3n) is 3.84. The van der Waals surface area contributed by atoms with E-state index in [-0.39, 0.29) is 5.82 Å². The highest BCUT2D eigenvalue weighted by Crippen LogP contribution is 2.35. The third kappa shape index (κ3) is 2.62. The lowest BCUT2D eigenvalue weighted by Crippen LogP contribution is -2.03. The van der Waals surface area contributed by atoms with Crippen molar-refractivity contribution in [2.24, 2.45) is 11.8 Å². The average Bonchev–Trinajstić information content (AvgIpc) is 3.17. The third-order valence-corrected chi connectivity index (χ3v) is 3.84. The molecule has 0 amide bonds. The van der Waals surface area contributed by atoms with Gasteiger partial charge in [-0.25, -0.2) is 4.39 Å². The summed E-state index contributed by atoms with van der Waals surface area (Å²) in [6, 6.07) is 3.85. The fourth-order valence-electron chi connectivity index (χ4n) is 2.16. The fourth-order valence-corrected chi connectivity index (χ4v) is 2.16. The van der Waals surface area contributed by atoms with Gasteiger partial charge in [-0.2, -0.15) is 0 Å². The summed E-state index contributed by atoms with van der Waals surface area (Å²) >= 11 is 0. The smallest absolute Gasteiger partial charge is 0.168 e. The van der Waals surface area contributed by atoms with Crippen LogP contribution in [0.25, 0.3) is 0 Å². The van der Waals surface area contributed by atoms with Gasteiger partial charge in [0.05, 0.1) is 6.61 Å². The highest BCUT2D eigenvalue weighted by atomic mass is 19.1. The molecule has 2 aliphatic carbocycles. The summed E-state index contributed by atoms with van der Waals surface area (Å²) in [6.45, 7) is 2.55. The molecule has 0 unspecified atom stereocenters. The van der Waals surface area contributed by atoms with E-state index in [2.05, 4.69) is 0 Å². The standard InChI is InChI=1S/C15H19FO/c1-10-13(8-11-2-3-11)6-7-14(15(10)16)17-9-12-4-5-12/h6-7,11-12H,2-5,8-9H2,1H3. The Labute approximate surface area is 102 Å². The van der Waals surface area contributed by atoms with Crippen LogP contribution in [0.2, 0.25) is 0 Å². The molecule has 0 N–H and O–H groups in total. The second-order valence-electron chi connectivity index (χ2n) is 5.56. The van der Waals surface area contributed by atoms with Gasteiger partial charge in [0.1, 0.15) is 0 Å². The Morgan fingerprint density at radius 3 is 2.53 bits per heavy atom. The molecule has 0 radical (unpaired) electrons. The topological polar surface area (TPSA) is 9.23 Å². The lowest BCUT2D eigenvalue weighted by molar-refractivity contribution is 0.284. The van der Waals surface area contributed by atoms with E-state index < -0.39 is 0 Å². The molecule has 0 atom stereocenters. The molecule has 0 bridgehead atoms. The van der Waals surface area contributed by atoms with Gasteiger partial charge in [-0.1, -0.05) is 6.07 Å². The minimum Gasteiger partial charge on any atom is -0.490 e. The van der Waals surface area contributed by atoms with Gasteiger partial charge in [0.2, 0.25) is 0 Å². The molecule has 2 aliphatic rings. The summed E-state index contributed by atoms with van der Waals surface area (Å²) in [5, 5.41) is 0. The number of hydrogen-bond donors (Lipinski definition) is 0. The van der Waals surface area contributed by atoms with E-state index in [9.17, 15) is 4.39 Å². The van der Waals surface area contributed by atoms with Crippen molar-refractivity contribution in [2.45, 2.75) is 39.0 Å². The first kappa shape index (κ1) is 11.1. The predicted molar refractivity (Wildman–Crippen MR) is 65.8 cm³/mol. The monoisotopic (exact) mass is 234 g/mol. The maximum Gasteiger partial charge on any atom is 0.168 e. The first-order valence-electron chi connectivity index (χ1n) is 6.65. The highest BCUT2D eigenvalue weighted by Gasteiger charge is 2.25. The zero-order valence-electron chi connectivity index (χ0n) is 10.3. The molecule has 17 heavy (non-hydrogen) atoms. The van der Waals surface area contributed by atoms with Crippen molar-refractivity contribution in [2.75, 3.05) is 6.61 Å². The second kappa shape index (κ2) is 4.32. The summed E-state index contributed by atoms with van der Waals surface area (Å²) < 4.78 is 19.6. The van der Waals surface area contributed by atoms with E-state index in [1.807, 2.05) is 19.1 Å². The largest absolute Gasteiger partial charge is 0.490 e. The molecule has 2 heteroatoms. The normalized spacial score (nSPS) is 19.4. The molecule has 2 saturated carbocycles. The van der Waals surface area contributed by atoms with Gasteiger partial charge in [0, 0.05) is 0 Å². The van der Waals surface area contributed by atoms with Crippen LogP contribution >= 0.6 is 0 Å². The molecule has 0 aromatic heterocycles. The fraction of sp³-hybridized carbons (Fsp3) is 0.600. The molecule has 92 valence electrons. The van der Waals surface area contributed by atoms with E-state index in [1.165, 1.54) is 25.7 Å². The zero-order valence-corrected chi connectivity index (χ0v) is 10.3. The van der Waals surface area contributed by atoms with Crippen molar-refractivity contribution in [3.63, 3.8) is 0 Å². The van der Waals surface area contributed by atoms with Crippen LogP contribution in [0.15, 0.2) is 12.1 Å². The number of ether oxygens (including phenoxy) is 1. The SMILES string of the molecule is Cc1c(CC2CC2)ccc(OCC2CC2)c1F. The van der Waals surface area contributed by atoms with Crippen molar-refractivity contribution in [1.29, 1.82) is 0 Å². The minimum atomic E-state index is -0.149. The van der Waals surface area contributed by atoms with Crippen LogP contribution in [-0.4, -0.2) is 6.61 Å². The molecular weight excluding hydrogens is 215 g/mol. The summed E-state index contributed by atoms with van der Waals surface area (Å²) in [4.78, 5) is 0. The van der Waals surface area contributed by atoms with E-state index in [0.29, 0.717) is 18.3 Å². The van der Waals surface area contributed by atoms with Crippen molar-refractivity contribution in [3.05, 3.63) is 29.1 Å². The van der Waals surface area contributed by atoms with Crippen molar-refractivity contribution in [3.8, 4) is 5.75 Å². The van der Waals surface area contributed by atoms with Gasteiger partial charge in [-0.05, 0) is 68.1 Å². The summed E-state index contributed by atoms with van der Waals surface area (Å²) in [6.07, 6.45) is 6.12. The molecule has 2 fully saturated rings. The molecular formula is C15H19FO. The molecule has 1 nitrogen and oxygen atoms in total. The summed E-state index contributed by atoms with van der Waals surface area (Å²) in [5.41, 5.74) is 1.94. The Morgan fingerprint density at radius 1 is 1.18 bits per heavy atom. The Kier molecular flexibility index (Phi) is 2.81. The molecule has 1 aromatic carbocycles. The molecule has 0 aliphatic heterocycles. The number of benzene rings is 1. The Morgan fingerprint density at radius 2 is 1.88 bits per heavy atom. The predicted octanol–water partition coefficient (Wildman–Crippen LogP) is 3.88. The van der Waals surface area contributed by atoms with Gasteiger partial charge in [-0.15, -0.1) is 0 Å². The van der Waals surface area contributed by atoms with Crippen LogP contribution < -0.4 is 4.74 Å². The number of halogens is 1. The lowest BCUT2D eigenvalue weighted by atomic mass is 10.0. The van der Waals surface area contributed by atoms with Gasteiger partial charge in [0.15, 0.2) is 11.6 Å².